The summed E-state index contributed by atoms with van der Waals surface area (Å²) in [4.78, 5) is 11.2. The first-order valence-electron chi connectivity index (χ1n) is 6.89. The first kappa shape index (κ1) is 13.6. The van der Waals surface area contributed by atoms with Gasteiger partial charge in [-0.1, -0.05) is 42.8 Å². The van der Waals surface area contributed by atoms with Crippen molar-refractivity contribution in [3.05, 3.63) is 53.3 Å². The molecular formula is C17H20O2. The first-order chi connectivity index (χ1) is 9.25. The fraction of sp³-hybridized carbons (Fsp3) is 0.353. The molecule has 0 bridgehead atoms. The number of allylic oxidation sites excluding steroid dienone is 2. The first-order valence-corrected chi connectivity index (χ1v) is 6.89. The Kier molecular flexibility index (Phi) is 4.96. The molecule has 0 saturated heterocycles. The van der Waals surface area contributed by atoms with Gasteiger partial charge in [0.25, 0.3) is 0 Å². The van der Waals surface area contributed by atoms with Crippen LogP contribution in [0.3, 0.4) is 0 Å². The van der Waals surface area contributed by atoms with Gasteiger partial charge in [0.05, 0.1) is 0 Å². The van der Waals surface area contributed by atoms with Gasteiger partial charge in [-0.15, -0.1) is 0 Å². The van der Waals surface area contributed by atoms with Gasteiger partial charge in [0.2, 0.25) is 0 Å². The number of ether oxygens (including phenoxy) is 1. The van der Waals surface area contributed by atoms with Crippen LogP contribution < -0.4 is 0 Å². The Balaban J connectivity index is 2.18. The molecule has 0 radical (unpaired) electrons. The van der Waals surface area contributed by atoms with Gasteiger partial charge in [0.1, 0.15) is 5.76 Å². The predicted molar refractivity (Wildman–Crippen MR) is 77.4 cm³/mol. The van der Waals surface area contributed by atoms with Crippen LogP contribution in [-0.2, 0) is 9.53 Å². The predicted octanol–water partition coefficient (Wildman–Crippen LogP) is 4.48. The summed E-state index contributed by atoms with van der Waals surface area (Å²) in [5, 5.41) is 0. The van der Waals surface area contributed by atoms with Crippen molar-refractivity contribution >= 4 is 12.0 Å². The smallest absolute Gasteiger partial charge is 0.308 e. The molecule has 0 unspecified atom stereocenters. The molecule has 1 aliphatic rings. The van der Waals surface area contributed by atoms with Crippen molar-refractivity contribution < 1.29 is 9.53 Å². The van der Waals surface area contributed by atoms with E-state index in [0.29, 0.717) is 0 Å². The van der Waals surface area contributed by atoms with Crippen LogP contribution in [0, 0.1) is 0 Å². The van der Waals surface area contributed by atoms with Crippen molar-refractivity contribution in [1.29, 1.82) is 0 Å². The summed E-state index contributed by atoms with van der Waals surface area (Å²) in [6.45, 7) is 1.46. The molecule has 1 aliphatic carbocycles. The Bertz CT molecular complexity index is 475. The quantitative estimate of drug-likeness (QED) is 0.588. The zero-order valence-corrected chi connectivity index (χ0v) is 11.4. The number of carbonyl (C=O) groups is 1. The molecule has 2 nitrogen and oxygen atoms in total. The maximum atomic E-state index is 11.2. The highest BCUT2D eigenvalue weighted by Crippen LogP contribution is 2.27. The Morgan fingerprint density at radius 2 is 1.79 bits per heavy atom. The van der Waals surface area contributed by atoms with E-state index in [1.165, 1.54) is 31.8 Å². The van der Waals surface area contributed by atoms with Gasteiger partial charge in [0.15, 0.2) is 0 Å². The largest absolute Gasteiger partial charge is 0.427 e. The SMILES string of the molecule is CC(=O)OC(/C=C/c1ccccc1)=C1CCCCC1. The van der Waals surface area contributed by atoms with Crippen molar-refractivity contribution in [2.24, 2.45) is 0 Å². The van der Waals surface area contributed by atoms with E-state index in [1.807, 2.05) is 42.5 Å². The van der Waals surface area contributed by atoms with Crippen LogP contribution in [0.4, 0.5) is 0 Å². The minimum atomic E-state index is -0.245. The van der Waals surface area contributed by atoms with Crippen molar-refractivity contribution in [3.8, 4) is 0 Å². The summed E-state index contributed by atoms with van der Waals surface area (Å²) in [6, 6.07) is 10.1. The molecule has 0 aliphatic heterocycles. The molecule has 0 aromatic heterocycles. The summed E-state index contributed by atoms with van der Waals surface area (Å²) in [7, 11) is 0. The molecule has 0 N–H and O–H groups in total. The molecule has 1 aromatic rings. The van der Waals surface area contributed by atoms with E-state index < -0.39 is 0 Å². The highest BCUT2D eigenvalue weighted by molar-refractivity contribution is 5.68. The third kappa shape index (κ3) is 4.40. The van der Waals surface area contributed by atoms with Gasteiger partial charge in [-0.05, 0) is 42.9 Å². The standard InChI is InChI=1S/C17H20O2/c1-14(18)19-17(16-10-6-3-7-11-16)13-12-15-8-4-2-5-9-15/h2,4-5,8-9,12-13H,3,6-7,10-11H2,1H3/b13-12+. The minimum absolute atomic E-state index is 0.245. The molecule has 1 aromatic carbocycles. The average molecular weight is 256 g/mol. The lowest BCUT2D eigenvalue weighted by Gasteiger charge is -2.16. The number of hydrogen-bond donors (Lipinski definition) is 0. The Hall–Kier alpha value is -1.83. The normalized spacial score (nSPS) is 15.5. The summed E-state index contributed by atoms with van der Waals surface area (Å²) < 4.78 is 5.37. The minimum Gasteiger partial charge on any atom is -0.427 e. The van der Waals surface area contributed by atoms with E-state index in [9.17, 15) is 4.79 Å². The number of benzene rings is 1. The lowest BCUT2D eigenvalue weighted by atomic mass is 9.93. The Morgan fingerprint density at radius 3 is 2.42 bits per heavy atom. The fourth-order valence-electron chi connectivity index (χ4n) is 2.34. The Labute approximate surface area is 114 Å². The third-order valence-electron chi connectivity index (χ3n) is 3.29. The number of hydrogen-bond acceptors (Lipinski definition) is 2. The average Bonchev–Trinajstić information content (AvgIpc) is 2.45. The van der Waals surface area contributed by atoms with Gasteiger partial charge < -0.3 is 4.74 Å². The van der Waals surface area contributed by atoms with Crippen molar-refractivity contribution in [3.63, 3.8) is 0 Å². The van der Waals surface area contributed by atoms with Gasteiger partial charge in [-0.25, -0.2) is 0 Å². The lowest BCUT2D eigenvalue weighted by molar-refractivity contribution is -0.136. The van der Waals surface area contributed by atoms with Gasteiger partial charge >= 0.3 is 5.97 Å². The van der Waals surface area contributed by atoms with Crippen molar-refractivity contribution in [2.75, 3.05) is 0 Å². The van der Waals surface area contributed by atoms with E-state index in [2.05, 4.69) is 0 Å². The summed E-state index contributed by atoms with van der Waals surface area (Å²) in [5.41, 5.74) is 2.39. The third-order valence-corrected chi connectivity index (χ3v) is 3.29. The van der Waals surface area contributed by atoms with E-state index in [1.54, 1.807) is 0 Å². The van der Waals surface area contributed by atoms with E-state index in [-0.39, 0.29) is 5.97 Å². The topological polar surface area (TPSA) is 26.3 Å². The van der Waals surface area contributed by atoms with E-state index >= 15 is 0 Å². The second-order valence-corrected chi connectivity index (χ2v) is 4.87. The second-order valence-electron chi connectivity index (χ2n) is 4.87. The maximum absolute atomic E-state index is 11.2. The van der Waals surface area contributed by atoms with Crippen LogP contribution in [0.25, 0.3) is 6.08 Å². The molecule has 0 amide bonds. The van der Waals surface area contributed by atoms with Gasteiger partial charge in [-0.2, -0.15) is 0 Å². The molecule has 2 heteroatoms. The van der Waals surface area contributed by atoms with Gasteiger partial charge in [-0.3, -0.25) is 4.79 Å². The van der Waals surface area contributed by atoms with E-state index in [0.717, 1.165) is 24.2 Å². The molecule has 100 valence electrons. The molecule has 1 fully saturated rings. The van der Waals surface area contributed by atoms with Crippen LogP contribution in [-0.4, -0.2) is 5.97 Å². The Morgan fingerprint density at radius 1 is 1.11 bits per heavy atom. The molecule has 1 saturated carbocycles. The number of carbonyl (C=O) groups excluding carboxylic acids is 1. The van der Waals surface area contributed by atoms with Crippen LogP contribution in [0.5, 0.6) is 0 Å². The molecule has 19 heavy (non-hydrogen) atoms. The van der Waals surface area contributed by atoms with Crippen LogP contribution in [0.15, 0.2) is 47.7 Å². The highest BCUT2D eigenvalue weighted by Gasteiger charge is 2.12. The molecule has 0 atom stereocenters. The van der Waals surface area contributed by atoms with Crippen LogP contribution >= 0.6 is 0 Å². The summed E-state index contributed by atoms with van der Waals surface area (Å²) in [5.74, 6) is 0.502. The zero-order chi connectivity index (χ0) is 13.5. The number of esters is 1. The highest BCUT2D eigenvalue weighted by atomic mass is 16.5. The van der Waals surface area contributed by atoms with Crippen LogP contribution in [0.1, 0.15) is 44.6 Å². The summed E-state index contributed by atoms with van der Waals surface area (Å²) >= 11 is 0. The molecule has 0 spiro atoms. The summed E-state index contributed by atoms with van der Waals surface area (Å²) in [6.07, 6.45) is 9.68. The second kappa shape index (κ2) is 6.93. The van der Waals surface area contributed by atoms with Crippen molar-refractivity contribution in [1.82, 2.24) is 0 Å². The molecule has 2 rings (SSSR count). The van der Waals surface area contributed by atoms with Crippen molar-refractivity contribution in [2.45, 2.75) is 39.0 Å². The van der Waals surface area contributed by atoms with E-state index in [4.69, 9.17) is 4.74 Å². The number of rotatable bonds is 3. The fourth-order valence-corrected chi connectivity index (χ4v) is 2.34. The maximum Gasteiger partial charge on any atom is 0.308 e. The molecule has 0 heterocycles. The monoisotopic (exact) mass is 256 g/mol. The van der Waals surface area contributed by atoms with Crippen LogP contribution in [0.2, 0.25) is 0 Å². The lowest BCUT2D eigenvalue weighted by Crippen LogP contribution is -2.04. The molecular weight excluding hydrogens is 236 g/mol. The zero-order valence-electron chi connectivity index (χ0n) is 11.4. The van der Waals surface area contributed by atoms with Gasteiger partial charge in [0, 0.05) is 6.92 Å².